The van der Waals surface area contributed by atoms with Gasteiger partial charge in [-0.15, -0.1) is 11.3 Å². The van der Waals surface area contributed by atoms with Crippen molar-refractivity contribution in [2.75, 3.05) is 0 Å². The van der Waals surface area contributed by atoms with E-state index < -0.39 is 16.7 Å². The van der Waals surface area contributed by atoms with Crippen molar-refractivity contribution in [3.8, 4) is 5.75 Å². The Balaban J connectivity index is 2.23. The van der Waals surface area contributed by atoms with Gasteiger partial charge >= 0.3 is 0 Å². The number of hydrogen-bond acceptors (Lipinski definition) is 6. The standard InChI is InChI=1S/C18H17N3O4S/c1-10(2)18(23)20-15(14-6-4-8-26-14)12-9-13(21(24)25)11-5-3-7-19-16(11)17(12)22/h3-10,15,22H,1-2H3,(H,20,23)/p-1/t15-/m1/s1. The molecule has 134 valence electrons. The van der Waals surface area contributed by atoms with Crippen molar-refractivity contribution >= 4 is 33.8 Å². The van der Waals surface area contributed by atoms with Crippen LogP contribution in [-0.2, 0) is 4.79 Å². The van der Waals surface area contributed by atoms with Gasteiger partial charge in [0.1, 0.15) is 0 Å². The number of carbonyl (C=O) groups is 1. The summed E-state index contributed by atoms with van der Waals surface area (Å²) in [5.74, 6) is -0.957. The third-order valence-electron chi connectivity index (χ3n) is 4.00. The van der Waals surface area contributed by atoms with Crippen LogP contribution in [0.2, 0.25) is 0 Å². The van der Waals surface area contributed by atoms with Gasteiger partial charge in [-0.1, -0.05) is 25.7 Å². The molecular formula is C18H16N3O4S-. The third-order valence-corrected chi connectivity index (χ3v) is 4.94. The summed E-state index contributed by atoms with van der Waals surface area (Å²) in [6, 6.07) is 7.11. The molecule has 1 N–H and O–H groups in total. The number of amides is 1. The van der Waals surface area contributed by atoms with Crippen molar-refractivity contribution in [3.05, 3.63) is 62.5 Å². The van der Waals surface area contributed by atoms with Gasteiger partial charge in [-0.05, 0) is 29.1 Å². The summed E-state index contributed by atoms with van der Waals surface area (Å²) in [5.41, 5.74) is -0.0422. The highest BCUT2D eigenvalue weighted by Gasteiger charge is 2.25. The topological polar surface area (TPSA) is 108 Å². The first-order valence-corrected chi connectivity index (χ1v) is 8.85. The SMILES string of the molecule is CC(C)C(=O)N[C@@H](c1cccs1)c1cc([N+](=O)[O-])c2cccnc2c1[O-]. The Labute approximate surface area is 153 Å². The van der Waals surface area contributed by atoms with E-state index in [9.17, 15) is 20.0 Å². The molecule has 0 radical (unpaired) electrons. The van der Waals surface area contributed by atoms with Gasteiger partial charge in [0.2, 0.25) is 5.91 Å². The Bertz CT molecular complexity index is 970. The van der Waals surface area contributed by atoms with Gasteiger partial charge in [0.25, 0.3) is 5.69 Å². The van der Waals surface area contributed by atoms with Crippen molar-refractivity contribution in [1.82, 2.24) is 10.3 Å². The van der Waals surface area contributed by atoms with Crippen LogP contribution in [0.25, 0.3) is 10.9 Å². The molecule has 0 aliphatic rings. The summed E-state index contributed by atoms with van der Waals surface area (Å²) in [4.78, 5) is 28.0. The van der Waals surface area contributed by atoms with Crippen molar-refractivity contribution < 1.29 is 14.8 Å². The molecule has 0 saturated carbocycles. The minimum atomic E-state index is -0.762. The lowest BCUT2D eigenvalue weighted by Gasteiger charge is -2.25. The number of benzene rings is 1. The Hall–Kier alpha value is -3.00. The van der Waals surface area contributed by atoms with E-state index in [0.29, 0.717) is 0 Å². The molecule has 0 bridgehead atoms. The molecule has 8 heteroatoms. The number of nitro benzene ring substituents is 1. The number of nitrogens with zero attached hydrogens (tertiary/aromatic N) is 2. The predicted molar refractivity (Wildman–Crippen MR) is 97.0 cm³/mol. The predicted octanol–water partition coefficient (Wildman–Crippen LogP) is 3.14. The number of pyridine rings is 1. The van der Waals surface area contributed by atoms with Crippen LogP contribution in [-0.4, -0.2) is 15.8 Å². The molecule has 1 atom stereocenters. The smallest absolute Gasteiger partial charge is 0.279 e. The highest BCUT2D eigenvalue weighted by Crippen LogP contribution is 2.39. The first kappa shape index (κ1) is 17.8. The van der Waals surface area contributed by atoms with E-state index in [1.165, 1.54) is 29.7 Å². The quantitative estimate of drug-likeness (QED) is 0.548. The summed E-state index contributed by atoms with van der Waals surface area (Å²) < 4.78 is 0. The minimum Gasteiger partial charge on any atom is -0.871 e. The van der Waals surface area contributed by atoms with E-state index in [-0.39, 0.29) is 34.0 Å². The number of rotatable bonds is 5. The normalized spacial score (nSPS) is 12.3. The first-order chi connectivity index (χ1) is 12.4. The lowest BCUT2D eigenvalue weighted by Crippen LogP contribution is -2.32. The van der Waals surface area contributed by atoms with Crippen molar-refractivity contribution in [3.63, 3.8) is 0 Å². The number of thiophene rings is 1. The molecule has 1 aromatic carbocycles. The van der Waals surface area contributed by atoms with Gasteiger partial charge in [0, 0.05) is 23.1 Å². The molecule has 0 aliphatic carbocycles. The lowest BCUT2D eigenvalue weighted by atomic mass is 9.99. The second-order valence-corrected chi connectivity index (χ2v) is 7.06. The van der Waals surface area contributed by atoms with Crippen LogP contribution in [0.4, 0.5) is 5.69 Å². The lowest BCUT2D eigenvalue weighted by molar-refractivity contribution is -0.383. The summed E-state index contributed by atoms with van der Waals surface area (Å²) in [6.07, 6.45) is 1.42. The van der Waals surface area contributed by atoms with Gasteiger partial charge in [0.15, 0.2) is 0 Å². The molecule has 2 aromatic heterocycles. The van der Waals surface area contributed by atoms with Crippen LogP contribution in [0.15, 0.2) is 41.9 Å². The molecule has 3 rings (SSSR count). The fourth-order valence-electron chi connectivity index (χ4n) is 2.65. The minimum absolute atomic E-state index is 0.0250. The number of fused-ring (bicyclic) bond motifs is 1. The van der Waals surface area contributed by atoms with E-state index >= 15 is 0 Å². The number of nitrogens with one attached hydrogen (secondary N) is 1. The number of non-ortho nitro benzene ring substituents is 1. The van der Waals surface area contributed by atoms with E-state index in [1.54, 1.807) is 32.0 Å². The van der Waals surface area contributed by atoms with Gasteiger partial charge in [-0.2, -0.15) is 0 Å². The number of hydrogen-bond donors (Lipinski definition) is 1. The average Bonchev–Trinajstić information content (AvgIpc) is 3.14. The fourth-order valence-corrected chi connectivity index (χ4v) is 3.45. The van der Waals surface area contributed by atoms with E-state index in [4.69, 9.17) is 0 Å². The molecule has 7 nitrogen and oxygen atoms in total. The van der Waals surface area contributed by atoms with E-state index in [0.717, 1.165) is 4.88 Å². The summed E-state index contributed by atoms with van der Waals surface area (Å²) in [5, 5.41) is 29.3. The second kappa shape index (κ2) is 7.09. The fraction of sp³-hybridized carbons (Fsp3) is 0.222. The maximum atomic E-state index is 13.0. The van der Waals surface area contributed by atoms with Gasteiger partial charge in [-0.25, -0.2) is 0 Å². The van der Waals surface area contributed by atoms with E-state index in [2.05, 4.69) is 10.3 Å². The highest BCUT2D eigenvalue weighted by molar-refractivity contribution is 7.10. The molecule has 0 aliphatic heterocycles. The van der Waals surface area contributed by atoms with Crippen LogP contribution in [0, 0.1) is 16.0 Å². The summed E-state index contributed by atoms with van der Waals surface area (Å²) >= 11 is 1.36. The van der Waals surface area contributed by atoms with Crippen molar-refractivity contribution in [2.24, 2.45) is 5.92 Å². The van der Waals surface area contributed by atoms with Crippen molar-refractivity contribution in [1.29, 1.82) is 0 Å². The van der Waals surface area contributed by atoms with Gasteiger partial charge in [-0.3, -0.25) is 19.9 Å². The first-order valence-electron chi connectivity index (χ1n) is 7.97. The van der Waals surface area contributed by atoms with Crippen LogP contribution in [0.1, 0.15) is 30.3 Å². The molecule has 0 saturated heterocycles. The average molecular weight is 370 g/mol. The van der Waals surface area contributed by atoms with Crippen LogP contribution < -0.4 is 10.4 Å². The molecule has 0 unspecified atom stereocenters. The maximum Gasteiger partial charge on any atom is 0.279 e. The largest absolute Gasteiger partial charge is 0.871 e. The second-order valence-electron chi connectivity index (χ2n) is 6.08. The molecule has 0 spiro atoms. The number of carbonyl (C=O) groups excluding carboxylic acids is 1. The van der Waals surface area contributed by atoms with Gasteiger partial charge in [0.05, 0.1) is 21.9 Å². The Morgan fingerprint density at radius 2 is 2.08 bits per heavy atom. The van der Waals surface area contributed by atoms with Gasteiger partial charge < -0.3 is 10.4 Å². The maximum absolute atomic E-state index is 13.0. The van der Waals surface area contributed by atoms with Crippen LogP contribution >= 0.6 is 11.3 Å². The molecule has 0 fully saturated rings. The monoisotopic (exact) mass is 370 g/mol. The molecule has 3 aromatic rings. The molecular weight excluding hydrogens is 354 g/mol. The molecule has 26 heavy (non-hydrogen) atoms. The summed E-state index contributed by atoms with van der Waals surface area (Å²) in [6.45, 7) is 3.48. The molecule has 2 heterocycles. The van der Waals surface area contributed by atoms with E-state index in [1.807, 2.05) is 5.38 Å². The van der Waals surface area contributed by atoms with Crippen molar-refractivity contribution in [2.45, 2.75) is 19.9 Å². The van der Waals surface area contributed by atoms with Crippen LogP contribution in [0.5, 0.6) is 5.75 Å². The molecule has 1 amide bonds. The zero-order valence-corrected chi connectivity index (χ0v) is 14.9. The Kier molecular flexibility index (Phi) is 4.85. The van der Waals surface area contributed by atoms with Crippen LogP contribution in [0.3, 0.4) is 0 Å². The number of aromatic nitrogens is 1. The number of nitro groups is 1. The zero-order valence-electron chi connectivity index (χ0n) is 14.1. The summed E-state index contributed by atoms with van der Waals surface area (Å²) in [7, 11) is 0. The Morgan fingerprint density at radius 1 is 1.31 bits per heavy atom. The Morgan fingerprint density at radius 3 is 2.69 bits per heavy atom. The zero-order chi connectivity index (χ0) is 18.8. The highest BCUT2D eigenvalue weighted by atomic mass is 32.1. The third kappa shape index (κ3) is 3.23.